The molecular weight excluding hydrogens is 312 g/mol. The average molecular weight is 334 g/mol. The quantitative estimate of drug-likeness (QED) is 0.760. The lowest BCUT2D eigenvalue weighted by Crippen LogP contribution is -2.26. The predicted octanol–water partition coefficient (Wildman–Crippen LogP) is 3.73. The van der Waals surface area contributed by atoms with Crippen LogP contribution in [-0.2, 0) is 0 Å². The molecule has 3 aromatic rings. The molecule has 128 valence electrons. The number of nitrogen functional groups attached to an aromatic ring is 1. The summed E-state index contributed by atoms with van der Waals surface area (Å²) in [6, 6.07) is 9.95. The molecule has 0 bridgehead atoms. The highest BCUT2D eigenvalue weighted by atomic mass is 15.2. The Morgan fingerprint density at radius 1 is 0.920 bits per heavy atom. The van der Waals surface area contributed by atoms with E-state index in [1.54, 1.807) is 12.5 Å². The lowest BCUT2D eigenvalue weighted by atomic mass is 10.2. The van der Waals surface area contributed by atoms with Gasteiger partial charge < -0.3 is 16.0 Å². The standard InChI is InChI=1S/C19H22N6/c20-17-18(22-13-23-19(17)25-11-3-1-2-4-12-25)24-16-9-5-8-15-14(16)7-6-10-21-15/h5-10,13H,1-4,11-12,20H2,(H,22,23,24). The van der Waals surface area contributed by atoms with Crippen molar-refractivity contribution in [2.75, 3.05) is 29.0 Å². The van der Waals surface area contributed by atoms with Crippen LogP contribution in [0.2, 0.25) is 0 Å². The summed E-state index contributed by atoms with van der Waals surface area (Å²) in [6.45, 7) is 2.00. The highest BCUT2D eigenvalue weighted by Crippen LogP contribution is 2.31. The third-order valence-corrected chi connectivity index (χ3v) is 4.67. The molecular formula is C19H22N6. The van der Waals surface area contributed by atoms with Crippen LogP contribution < -0.4 is 16.0 Å². The number of anilines is 4. The van der Waals surface area contributed by atoms with Gasteiger partial charge in [0, 0.05) is 30.4 Å². The van der Waals surface area contributed by atoms with E-state index < -0.39 is 0 Å². The molecule has 25 heavy (non-hydrogen) atoms. The largest absolute Gasteiger partial charge is 0.393 e. The molecule has 1 aliphatic rings. The van der Waals surface area contributed by atoms with Crippen LogP contribution >= 0.6 is 0 Å². The van der Waals surface area contributed by atoms with Crippen molar-refractivity contribution in [1.29, 1.82) is 0 Å². The third-order valence-electron chi connectivity index (χ3n) is 4.67. The average Bonchev–Trinajstić information content (AvgIpc) is 2.93. The summed E-state index contributed by atoms with van der Waals surface area (Å²) in [4.78, 5) is 15.5. The van der Waals surface area contributed by atoms with Crippen LogP contribution in [0.5, 0.6) is 0 Å². The number of hydrogen-bond acceptors (Lipinski definition) is 6. The molecule has 0 unspecified atom stereocenters. The first kappa shape index (κ1) is 15.6. The van der Waals surface area contributed by atoms with Gasteiger partial charge in [0.05, 0.1) is 5.52 Å². The van der Waals surface area contributed by atoms with Gasteiger partial charge in [-0.25, -0.2) is 9.97 Å². The minimum absolute atomic E-state index is 0.602. The summed E-state index contributed by atoms with van der Waals surface area (Å²) in [5.74, 6) is 1.48. The Kier molecular flexibility index (Phi) is 4.33. The summed E-state index contributed by atoms with van der Waals surface area (Å²) in [7, 11) is 0. The van der Waals surface area contributed by atoms with Gasteiger partial charge >= 0.3 is 0 Å². The van der Waals surface area contributed by atoms with E-state index >= 15 is 0 Å². The van der Waals surface area contributed by atoms with Crippen LogP contribution in [-0.4, -0.2) is 28.0 Å². The van der Waals surface area contributed by atoms with E-state index in [0.717, 1.165) is 35.5 Å². The number of aromatic nitrogens is 3. The number of fused-ring (bicyclic) bond motifs is 1. The van der Waals surface area contributed by atoms with Gasteiger partial charge in [-0.2, -0.15) is 0 Å². The second kappa shape index (κ2) is 6.93. The van der Waals surface area contributed by atoms with Gasteiger partial charge in [0.15, 0.2) is 11.6 Å². The molecule has 1 aromatic carbocycles. The minimum atomic E-state index is 0.602. The van der Waals surface area contributed by atoms with Gasteiger partial charge in [-0.3, -0.25) is 4.98 Å². The molecule has 3 heterocycles. The van der Waals surface area contributed by atoms with Gasteiger partial charge in [0.1, 0.15) is 12.0 Å². The highest BCUT2D eigenvalue weighted by Gasteiger charge is 2.17. The fourth-order valence-corrected chi connectivity index (χ4v) is 3.36. The lowest BCUT2D eigenvalue weighted by molar-refractivity contribution is 0.726. The van der Waals surface area contributed by atoms with Crippen molar-refractivity contribution < 1.29 is 0 Å². The van der Waals surface area contributed by atoms with Crippen molar-refractivity contribution in [2.45, 2.75) is 25.7 Å². The molecule has 2 aromatic heterocycles. The first-order valence-corrected chi connectivity index (χ1v) is 8.79. The summed E-state index contributed by atoms with van der Waals surface area (Å²) in [5.41, 5.74) is 8.89. The lowest BCUT2D eigenvalue weighted by Gasteiger charge is -2.23. The number of rotatable bonds is 3. The Balaban J connectivity index is 1.67. The maximum Gasteiger partial charge on any atom is 0.159 e. The number of benzene rings is 1. The molecule has 1 saturated heterocycles. The minimum Gasteiger partial charge on any atom is -0.393 e. The zero-order chi connectivity index (χ0) is 17.1. The molecule has 1 fully saturated rings. The fourth-order valence-electron chi connectivity index (χ4n) is 3.36. The first-order chi connectivity index (χ1) is 12.3. The highest BCUT2D eigenvalue weighted by molar-refractivity contribution is 5.94. The van der Waals surface area contributed by atoms with Crippen LogP contribution in [0.15, 0.2) is 42.9 Å². The van der Waals surface area contributed by atoms with E-state index in [-0.39, 0.29) is 0 Å². The molecule has 1 aliphatic heterocycles. The zero-order valence-electron chi connectivity index (χ0n) is 14.2. The smallest absolute Gasteiger partial charge is 0.159 e. The monoisotopic (exact) mass is 334 g/mol. The van der Waals surface area contributed by atoms with Crippen LogP contribution in [0, 0.1) is 0 Å². The van der Waals surface area contributed by atoms with Crippen LogP contribution in [0.1, 0.15) is 25.7 Å². The van der Waals surface area contributed by atoms with Crippen molar-refractivity contribution >= 4 is 33.9 Å². The Morgan fingerprint density at radius 3 is 2.60 bits per heavy atom. The molecule has 0 amide bonds. The topological polar surface area (TPSA) is 80.0 Å². The molecule has 0 spiro atoms. The molecule has 0 aliphatic carbocycles. The third kappa shape index (κ3) is 3.20. The maximum atomic E-state index is 6.41. The van der Waals surface area contributed by atoms with E-state index in [1.165, 1.54) is 25.7 Å². The Hall–Kier alpha value is -2.89. The number of hydrogen-bond donors (Lipinski definition) is 2. The summed E-state index contributed by atoms with van der Waals surface area (Å²) < 4.78 is 0. The van der Waals surface area contributed by atoms with Crippen molar-refractivity contribution in [1.82, 2.24) is 15.0 Å². The molecule has 0 saturated carbocycles. The van der Waals surface area contributed by atoms with Gasteiger partial charge in [0.2, 0.25) is 0 Å². The molecule has 3 N–H and O–H groups in total. The van der Waals surface area contributed by atoms with Crippen molar-refractivity contribution in [3.05, 3.63) is 42.9 Å². The van der Waals surface area contributed by atoms with Crippen LogP contribution in [0.25, 0.3) is 10.9 Å². The van der Waals surface area contributed by atoms with E-state index in [2.05, 4.69) is 25.2 Å². The molecule has 4 rings (SSSR count). The summed E-state index contributed by atoms with van der Waals surface area (Å²) in [6.07, 6.45) is 8.29. The molecule has 0 radical (unpaired) electrons. The van der Waals surface area contributed by atoms with Crippen molar-refractivity contribution in [3.8, 4) is 0 Å². The first-order valence-electron chi connectivity index (χ1n) is 8.79. The molecule has 6 heteroatoms. The van der Waals surface area contributed by atoms with E-state index in [0.29, 0.717) is 11.5 Å². The number of nitrogens with zero attached hydrogens (tertiary/aromatic N) is 4. The Bertz CT molecular complexity index is 865. The number of nitrogens with one attached hydrogen (secondary N) is 1. The zero-order valence-corrected chi connectivity index (χ0v) is 14.2. The molecule has 6 nitrogen and oxygen atoms in total. The number of pyridine rings is 1. The van der Waals surface area contributed by atoms with Gasteiger partial charge in [0.25, 0.3) is 0 Å². The van der Waals surface area contributed by atoms with Gasteiger partial charge in [-0.1, -0.05) is 18.9 Å². The molecule has 0 atom stereocenters. The van der Waals surface area contributed by atoms with Crippen LogP contribution in [0.3, 0.4) is 0 Å². The van der Waals surface area contributed by atoms with E-state index in [4.69, 9.17) is 5.73 Å². The van der Waals surface area contributed by atoms with Crippen LogP contribution in [0.4, 0.5) is 23.0 Å². The second-order valence-electron chi connectivity index (χ2n) is 6.36. The van der Waals surface area contributed by atoms with E-state index in [1.807, 2.05) is 30.3 Å². The maximum absolute atomic E-state index is 6.41. The Morgan fingerprint density at radius 2 is 1.76 bits per heavy atom. The van der Waals surface area contributed by atoms with Crippen molar-refractivity contribution in [3.63, 3.8) is 0 Å². The van der Waals surface area contributed by atoms with Crippen molar-refractivity contribution in [2.24, 2.45) is 0 Å². The van der Waals surface area contributed by atoms with Gasteiger partial charge in [-0.15, -0.1) is 0 Å². The normalized spacial score (nSPS) is 15.1. The fraction of sp³-hybridized carbons (Fsp3) is 0.316. The Labute approximate surface area is 147 Å². The summed E-state index contributed by atoms with van der Waals surface area (Å²) in [5, 5.41) is 4.41. The summed E-state index contributed by atoms with van der Waals surface area (Å²) >= 11 is 0. The SMILES string of the molecule is Nc1c(Nc2cccc3ncccc23)ncnc1N1CCCCCC1. The van der Waals surface area contributed by atoms with Gasteiger partial charge in [-0.05, 0) is 37.1 Å². The number of nitrogens with two attached hydrogens (primary N) is 1. The predicted molar refractivity (Wildman–Crippen MR) is 102 cm³/mol. The second-order valence-corrected chi connectivity index (χ2v) is 6.36. The van der Waals surface area contributed by atoms with E-state index in [9.17, 15) is 0 Å².